The molecule has 0 amide bonds. The minimum absolute atomic E-state index is 0.00532. The number of nitrogens with zero attached hydrogens (tertiary/aromatic N) is 4. The van der Waals surface area contributed by atoms with E-state index in [9.17, 15) is 0 Å². The van der Waals surface area contributed by atoms with Crippen molar-refractivity contribution in [2.45, 2.75) is 47.0 Å². The SMILES string of the molecule is Cc1cc(C)c(-c2c(-c3ccccc3)n[nH]c2-c2cccc(Oc3ccc4c5ccccc5n(-c5cc(C(C)(C)C)ccn5)c4c3)n2)c(C)c1. The Morgan fingerprint density at radius 3 is 2.20 bits per heavy atom. The van der Waals surface area contributed by atoms with Crippen molar-refractivity contribution in [2.75, 3.05) is 0 Å². The number of H-pyrrole nitrogens is 1. The van der Waals surface area contributed by atoms with Gasteiger partial charge in [-0.15, -0.1) is 0 Å². The van der Waals surface area contributed by atoms with Crippen LogP contribution in [0.2, 0.25) is 0 Å². The van der Waals surface area contributed by atoms with Gasteiger partial charge in [0.15, 0.2) is 0 Å². The standard InChI is InChI=1S/C44H39N5O/c1-27-23-28(2)40(29(3)24-27)41-42(30-13-8-7-9-14-30)47-48-43(41)35-16-12-18-39(46-35)50-32-19-20-34-33-15-10-11-17-36(33)49(37(34)26-32)38-25-31(21-22-45-38)44(4,5)6/h7-26H,1-6H3,(H,47,48). The van der Waals surface area contributed by atoms with E-state index in [1.807, 2.05) is 48.7 Å². The molecule has 0 aliphatic rings. The van der Waals surface area contributed by atoms with Crippen LogP contribution in [0, 0.1) is 20.8 Å². The van der Waals surface area contributed by atoms with Crippen molar-refractivity contribution in [1.29, 1.82) is 0 Å². The van der Waals surface area contributed by atoms with Crippen LogP contribution in [0.4, 0.5) is 0 Å². The number of rotatable bonds is 6. The molecule has 0 bridgehead atoms. The van der Waals surface area contributed by atoms with Crippen LogP contribution < -0.4 is 4.74 Å². The summed E-state index contributed by atoms with van der Waals surface area (Å²) < 4.78 is 8.76. The first-order valence-electron chi connectivity index (χ1n) is 17.0. The second-order valence-electron chi connectivity index (χ2n) is 14.1. The van der Waals surface area contributed by atoms with Gasteiger partial charge in [-0.1, -0.05) is 93.1 Å². The normalized spacial score (nSPS) is 11.8. The zero-order valence-corrected chi connectivity index (χ0v) is 29.2. The van der Waals surface area contributed by atoms with Gasteiger partial charge in [-0.2, -0.15) is 5.10 Å². The molecule has 6 nitrogen and oxygen atoms in total. The number of fused-ring (bicyclic) bond motifs is 3. The number of hydrogen-bond acceptors (Lipinski definition) is 4. The van der Waals surface area contributed by atoms with Crippen LogP contribution in [0.5, 0.6) is 11.6 Å². The van der Waals surface area contributed by atoms with Crippen molar-refractivity contribution in [3.05, 3.63) is 144 Å². The molecule has 4 aromatic carbocycles. The maximum atomic E-state index is 6.53. The summed E-state index contributed by atoms with van der Waals surface area (Å²) in [6.45, 7) is 13.1. The first-order valence-corrected chi connectivity index (χ1v) is 17.0. The van der Waals surface area contributed by atoms with Crippen LogP contribution in [0.25, 0.3) is 61.4 Å². The van der Waals surface area contributed by atoms with Gasteiger partial charge >= 0.3 is 0 Å². The lowest BCUT2D eigenvalue weighted by molar-refractivity contribution is 0.464. The van der Waals surface area contributed by atoms with Gasteiger partial charge in [0.05, 0.1) is 22.4 Å². The van der Waals surface area contributed by atoms with Gasteiger partial charge in [-0.3, -0.25) is 9.67 Å². The Kier molecular flexibility index (Phi) is 7.60. The first kappa shape index (κ1) is 31.3. The van der Waals surface area contributed by atoms with Gasteiger partial charge in [-0.25, -0.2) is 9.97 Å². The molecule has 4 aromatic heterocycles. The molecule has 0 atom stereocenters. The van der Waals surface area contributed by atoms with Crippen molar-refractivity contribution in [1.82, 2.24) is 24.7 Å². The monoisotopic (exact) mass is 653 g/mol. The summed E-state index contributed by atoms with van der Waals surface area (Å²) in [6.07, 6.45) is 1.90. The fourth-order valence-corrected chi connectivity index (χ4v) is 7.15. The fourth-order valence-electron chi connectivity index (χ4n) is 7.15. The smallest absolute Gasteiger partial charge is 0.219 e. The molecule has 0 spiro atoms. The van der Waals surface area contributed by atoms with Crippen LogP contribution in [0.3, 0.4) is 0 Å². The third kappa shape index (κ3) is 5.53. The van der Waals surface area contributed by atoms with Crippen LogP contribution >= 0.6 is 0 Å². The van der Waals surface area contributed by atoms with Crippen LogP contribution in [-0.2, 0) is 5.41 Å². The van der Waals surface area contributed by atoms with E-state index in [0.29, 0.717) is 11.6 Å². The molecule has 0 unspecified atom stereocenters. The molecule has 0 fully saturated rings. The molecule has 246 valence electrons. The van der Waals surface area contributed by atoms with E-state index in [4.69, 9.17) is 19.8 Å². The van der Waals surface area contributed by atoms with E-state index in [-0.39, 0.29) is 5.41 Å². The van der Waals surface area contributed by atoms with E-state index < -0.39 is 0 Å². The van der Waals surface area contributed by atoms with Crippen LogP contribution in [0.15, 0.2) is 121 Å². The molecular weight excluding hydrogens is 615 g/mol. The largest absolute Gasteiger partial charge is 0.439 e. The number of ether oxygens (including phenoxy) is 1. The number of aryl methyl sites for hydroxylation is 3. The number of hydrogen-bond donors (Lipinski definition) is 1. The molecule has 4 heterocycles. The highest BCUT2D eigenvalue weighted by Crippen LogP contribution is 2.42. The minimum atomic E-state index is -0.00532. The molecule has 0 saturated heterocycles. The van der Waals surface area contributed by atoms with Gasteiger partial charge in [0, 0.05) is 40.2 Å². The van der Waals surface area contributed by atoms with E-state index in [1.54, 1.807) is 0 Å². The summed E-state index contributed by atoms with van der Waals surface area (Å²) in [6, 6.07) is 39.6. The highest BCUT2D eigenvalue weighted by Gasteiger charge is 2.23. The number of pyridine rings is 2. The van der Waals surface area contributed by atoms with Crippen molar-refractivity contribution in [3.63, 3.8) is 0 Å². The predicted molar refractivity (Wildman–Crippen MR) is 204 cm³/mol. The number of aromatic nitrogens is 5. The van der Waals surface area contributed by atoms with Gasteiger partial charge < -0.3 is 4.74 Å². The Morgan fingerprint density at radius 2 is 1.42 bits per heavy atom. The maximum Gasteiger partial charge on any atom is 0.219 e. The van der Waals surface area contributed by atoms with E-state index >= 15 is 0 Å². The summed E-state index contributed by atoms with van der Waals surface area (Å²) in [4.78, 5) is 9.87. The Hall–Kier alpha value is -6.01. The van der Waals surface area contributed by atoms with Gasteiger partial charge in [-0.05, 0) is 84.8 Å². The zero-order valence-electron chi connectivity index (χ0n) is 29.2. The second-order valence-corrected chi connectivity index (χ2v) is 14.1. The topological polar surface area (TPSA) is 68.6 Å². The average Bonchev–Trinajstić information content (AvgIpc) is 3.68. The quantitative estimate of drug-likeness (QED) is 0.194. The van der Waals surface area contributed by atoms with E-state index in [0.717, 1.165) is 56.0 Å². The summed E-state index contributed by atoms with van der Waals surface area (Å²) in [7, 11) is 0. The minimum Gasteiger partial charge on any atom is -0.439 e. The van der Waals surface area contributed by atoms with E-state index in [2.05, 4.69) is 124 Å². The molecule has 0 aliphatic heterocycles. The summed E-state index contributed by atoms with van der Waals surface area (Å²) >= 11 is 0. The average molecular weight is 654 g/mol. The lowest BCUT2D eigenvalue weighted by Gasteiger charge is -2.20. The Labute approximate surface area is 292 Å². The highest BCUT2D eigenvalue weighted by molar-refractivity contribution is 6.09. The molecule has 8 aromatic rings. The van der Waals surface area contributed by atoms with Crippen molar-refractivity contribution in [2.24, 2.45) is 0 Å². The van der Waals surface area contributed by atoms with Gasteiger partial charge in [0.2, 0.25) is 5.88 Å². The summed E-state index contributed by atoms with van der Waals surface area (Å²) in [5.41, 5.74) is 12.7. The van der Waals surface area contributed by atoms with Crippen LogP contribution in [0.1, 0.15) is 43.0 Å². The predicted octanol–water partition coefficient (Wildman–Crippen LogP) is 11.3. The third-order valence-corrected chi connectivity index (χ3v) is 9.43. The molecular formula is C44H39N5O. The third-order valence-electron chi connectivity index (χ3n) is 9.43. The first-order chi connectivity index (χ1) is 24.2. The highest BCUT2D eigenvalue weighted by atomic mass is 16.5. The maximum absolute atomic E-state index is 6.53. The number of nitrogens with one attached hydrogen (secondary N) is 1. The molecule has 50 heavy (non-hydrogen) atoms. The molecule has 6 heteroatoms. The summed E-state index contributed by atoms with van der Waals surface area (Å²) in [5, 5.41) is 10.5. The molecule has 1 N–H and O–H groups in total. The Bertz CT molecular complexity index is 2510. The lowest BCUT2D eigenvalue weighted by Crippen LogP contribution is -2.12. The second kappa shape index (κ2) is 12.1. The number of aromatic amines is 1. The van der Waals surface area contributed by atoms with Gasteiger partial charge in [0.25, 0.3) is 0 Å². The molecule has 0 aliphatic carbocycles. The van der Waals surface area contributed by atoms with E-state index in [1.165, 1.54) is 27.6 Å². The number of para-hydroxylation sites is 1. The van der Waals surface area contributed by atoms with Gasteiger partial charge in [0.1, 0.15) is 17.3 Å². The number of benzene rings is 4. The molecule has 0 radical (unpaired) electrons. The Balaban J connectivity index is 1.23. The van der Waals surface area contributed by atoms with Crippen molar-refractivity contribution >= 4 is 21.8 Å². The molecule has 8 rings (SSSR count). The van der Waals surface area contributed by atoms with Crippen LogP contribution in [-0.4, -0.2) is 24.7 Å². The Morgan fingerprint density at radius 1 is 0.680 bits per heavy atom. The molecule has 0 saturated carbocycles. The lowest BCUT2D eigenvalue weighted by atomic mass is 9.88. The summed E-state index contributed by atoms with van der Waals surface area (Å²) in [5.74, 6) is 2.07. The zero-order chi connectivity index (χ0) is 34.6. The van der Waals surface area contributed by atoms with Crippen molar-refractivity contribution in [3.8, 4) is 51.2 Å². The fraction of sp³-hybridized carbons (Fsp3) is 0.159. The van der Waals surface area contributed by atoms with Crippen molar-refractivity contribution < 1.29 is 4.74 Å².